The Labute approximate surface area is 121 Å². The summed E-state index contributed by atoms with van der Waals surface area (Å²) in [5, 5.41) is 0. The quantitative estimate of drug-likeness (QED) is 0.838. The van der Waals surface area contributed by atoms with Crippen LogP contribution in [0.4, 0.5) is 13.2 Å². The first kappa shape index (κ1) is 14.1. The Balaban J connectivity index is 2.10. The van der Waals surface area contributed by atoms with Gasteiger partial charge >= 0.3 is 6.18 Å². The molecule has 1 aliphatic rings. The normalized spacial score (nSPS) is 21.4. The predicted molar refractivity (Wildman–Crippen MR) is 75.9 cm³/mol. The molecule has 2 aromatic rings. The maximum Gasteiger partial charge on any atom is 0.416 e. The van der Waals surface area contributed by atoms with Crippen molar-refractivity contribution in [1.29, 1.82) is 0 Å². The molecule has 4 heteroatoms. The molecule has 0 aliphatic heterocycles. The van der Waals surface area contributed by atoms with Gasteiger partial charge in [-0.05, 0) is 54.2 Å². The fourth-order valence-electron chi connectivity index (χ4n) is 3.26. The molecule has 2 N–H and O–H groups in total. The summed E-state index contributed by atoms with van der Waals surface area (Å²) in [5.74, 6) is 0. The minimum Gasteiger partial charge on any atom is -0.318 e. The van der Waals surface area contributed by atoms with Gasteiger partial charge in [0.1, 0.15) is 0 Å². The molecule has 0 fully saturated rings. The standard InChI is InChI=1S/C17H16F3N/c1-11-10-13(17(18,19)20)6-7-14(11)16(21)9-8-12-4-2-3-5-15(12)16/h2-7,10H,8-9,21H2,1H3. The van der Waals surface area contributed by atoms with Crippen LogP contribution in [0, 0.1) is 6.92 Å². The lowest BCUT2D eigenvalue weighted by molar-refractivity contribution is -0.137. The van der Waals surface area contributed by atoms with E-state index >= 15 is 0 Å². The Morgan fingerprint density at radius 3 is 2.43 bits per heavy atom. The van der Waals surface area contributed by atoms with Crippen LogP contribution in [0.25, 0.3) is 0 Å². The number of hydrogen-bond donors (Lipinski definition) is 1. The van der Waals surface area contributed by atoms with Crippen LogP contribution in [0.3, 0.4) is 0 Å². The predicted octanol–water partition coefficient (Wildman–Crippen LogP) is 4.16. The van der Waals surface area contributed by atoms with Crippen molar-refractivity contribution in [2.24, 2.45) is 5.73 Å². The van der Waals surface area contributed by atoms with E-state index in [1.807, 2.05) is 24.3 Å². The van der Waals surface area contributed by atoms with Gasteiger partial charge in [0.15, 0.2) is 0 Å². The van der Waals surface area contributed by atoms with Crippen LogP contribution in [0.15, 0.2) is 42.5 Å². The summed E-state index contributed by atoms with van der Waals surface area (Å²) < 4.78 is 38.3. The van der Waals surface area contributed by atoms with Gasteiger partial charge in [-0.25, -0.2) is 0 Å². The highest BCUT2D eigenvalue weighted by atomic mass is 19.4. The highest BCUT2D eigenvalue weighted by Crippen LogP contribution is 2.42. The average Bonchev–Trinajstić information content (AvgIpc) is 2.77. The van der Waals surface area contributed by atoms with Crippen LogP contribution in [0.1, 0.15) is 34.2 Å². The number of hydrogen-bond acceptors (Lipinski definition) is 1. The first-order valence-electron chi connectivity index (χ1n) is 6.88. The summed E-state index contributed by atoms with van der Waals surface area (Å²) >= 11 is 0. The molecule has 3 rings (SSSR count). The van der Waals surface area contributed by atoms with Gasteiger partial charge in [-0.2, -0.15) is 13.2 Å². The van der Waals surface area contributed by atoms with Crippen LogP contribution >= 0.6 is 0 Å². The summed E-state index contributed by atoms with van der Waals surface area (Å²) in [6.45, 7) is 1.69. The Morgan fingerprint density at radius 2 is 1.76 bits per heavy atom. The van der Waals surface area contributed by atoms with E-state index in [0.717, 1.165) is 30.0 Å². The van der Waals surface area contributed by atoms with Gasteiger partial charge in [0.05, 0.1) is 11.1 Å². The van der Waals surface area contributed by atoms with E-state index in [1.54, 1.807) is 6.92 Å². The van der Waals surface area contributed by atoms with E-state index in [-0.39, 0.29) is 0 Å². The van der Waals surface area contributed by atoms with Gasteiger partial charge < -0.3 is 5.73 Å². The van der Waals surface area contributed by atoms with Crippen molar-refractivity contribution < 1.29 is 13.2 Å². The van der Waals surface area contributed by atoms with E-state index < -0.39 is 17.3 Å². The van der Waals surface area contributed by atoms with Gasteiger partial charge in [0, 0.05) is 0 Å². The lowest BCUT2D eigenvalue weighted by Crippen LogP contribution is -2.36. The zero-order valence-electron chi connectivity index (χ0n) is 11.7. The van der Waals surface area contributed by atoms with Gasteiger partial charge in [-0.1, -0.05) is 30.3 Å². The smallest absolute Gasteiger partial charge is 0.318 e. The van der Waals surface area contributed by atoms with Crippen LogP contribution in [0.2, 0.25) is 0 Å². The molecule has 110 valence electrons. The highest BCUT2D eigenvalue weighted by molar-refractivity contribution is 5.50. The van der Waals surface area contributed by atoms with Crippen LogP contribution < -0.4 is 5.73 Å². The second-order valence-electron chi connectivity index (χ2n) is 5.66. The van der Waals surface area contributed by atoms with E-state index in [1.165, 1.54) is 17.7 Å². The van der Waals surface area contributed by atoms with Gasteiger partial charge in [-0.15, -0.1) is 0 Å². The molecule has 0 aromatic heterocycles. The molecule has 0 saturated carbocycles. The molecule has 1 unspecified atom stereocenters. The second-order valence-corrected chi connectivity index (χ2v) is 5.66. The van der Waals surface area contributed by atoms with Gasteiger partial charge in [0.2, 0.25) is 0 Å². The zero-order chi connectivity index (χ0) is 15.3. The van der Waals surface area contributed by atoms with Crippen LogP contribution in [0.5, 0.6) is 0 Å². The third-order valence-corrected chi connectivity index (χ3v) is 4.32. The van der Waals surface area contributed by atoms with Gasteiger partial charge in [-0.3, -0.25) is 0 Å². The molecule has 1 atom stereocenters. The summed E-state index contributed by atoms with van der Waals surface area (Å²) in [6.07, 6.45) is -2.75. The summed E-state index contributed by atoms with van der Waals surface area (Å²) in [7, 11) is 0. The third-order valence-electron chi connectivity index (χ3n) is 4.32. The van der Waals surface area contributed by atoms with E-state index in [2.05, 4.69) is 0 Å². The van der Waals surface area contributed by atoms with E-state index in [0.29, 0.717) is 5.56 Å². The van der Waals surface area contributed by atoms with E-state index in [9.17, 15) is 13.2 Å². The fourth-order valence-corrected chi connectivity index (χ4v) is 3.26. The van der Waals surface area contributed by atoms with Crippen molar-refractivity contribution in [3.8, 4) is 0 Å². The maximum atomic E-state index is 12.8. The molecule has 0 bridgehead atoms. The van der Waals surface area contributed by atoms with Crippen LogP contribution in [-0.2, 0) is 18.1 Å². The molecule has 0 heterocycles. The molecular weight excluding hydrogens is 275 g/mol. The molecule has 0 saturated heterocycles. The van der Waals surface area contributed by atoms with Crippen molar-refractivity contribution in [3.63, 3.8) is 0 Å². The second kappa shape index (κ2) is 4.60. The summed E-state index contributed by atoms with van der Waals surface area (Å²) in [6, 6.07) is 11.7. The van der Waals surface area contributed by atoms with Crippen molar-refractivity contribution in [2.45, 2.75) is 31.5 Å². The maximum absolute atomic E-state index is 12.8. The minimum atomic E-state index is -4.32. The number of alkyl halides is 3. The highest BCUT2D eigenvalue weighted by Gasteiger charge is 2.38. The van der Waals surface area contributed by atoms with Crippen LogP contribution in [-0.4, -0.2) is 0 Å². The monoisotopic (exact) mass is 291 g/mol. The third kappa shape index (κ3) is 2.23. The molecule has 0 radical (unpaired) electrons. The molecule has 21 heavy (non-hydrogen) atoms. The lowest BCUT2D eigenvalue weighted by atomic mass is 9.82. The number of nitrogens with two attached hydrogens (primary N) is 1. The Hall–Kier alpha value is -1.81. The van der Waals surface area contributed by atoms with Gasteiger partial charge in [0.25, 0.3) is 0 Å². The topological polar surface area (TPSA) is 26.0 Å². The molecule has 2 aromatic carbocycles. The SMILES string of the molecule is Cc1cc(C(F)(F)F)ccc1C1(N)CCc2ccccc21. The number of fused-ring (bicyclic) bond motifs is 1. The summed E-state index contributed by atoms with van der Waals surface area (Å²) in [5.41, 5.74) is 8.82. The Bertz CT molecular complexity index is 691. The molecule has 0 amide bonds. The first-order chi connectivity index (χ1) is 9.82. The average molecular weight is 291 g/mol. The first-order valence-corrected chi connectivity index (χ1v) is 6.88. The zero-order valence-corrected chi connectivity index (χ0v) is 11.7. The van der Waals surface area contributed by atoms with Crippen molar-refractivity contribution >= 4 is 0 Å². The number of rotatable bonds is 1. The minimum absolute atomic E-state index is 0.587. The van der Waals surface area contributed by atoms with E-state index in [4.69, 9.17) is 5.73 Å². The van der Waals surface area contributed by atoms with Crippen molar-refractivity contribution in [1.82, 2.24) is 0 Å². The number of aryl methyl sites for hydroxylation is 2. The molecule has 1 aliphatic carbocycles. The lowest BCUT2D eigenvalue weighted by Gasteiger charge is -2.28. The Morgan fingerprint density at radius 1 is 1.05 bits per heavy atom. The molecular formula is C17H16F3N. The summed E-state index contributed by atoms with van der Waals surface area (Å²) in [4.78, 5) is 0. The number of benzene rings is 2. The van der Waals surface area contributed by atoms with Crippen molar-refractivity contribution in [2.75, 3.05) is 0 Å². The fraction of sp³-hybridized carbons (Fsp3) is 0.294. The molecule has 1 nitrogen and oxygen atoms in total. The number of halogens is 3. The largest absolute Gasteiger partial charge is 0.416 e. The Kier molecular flexibility index (Phi) is 3.10. The van der Waals surface area contributed by atoms with Crippen molar-refractivity contribution in [3.05, 3.63) is 70.3 Å². The molecule has 0 spiro atoms.